The Morgan fingerprint density at radius 1 is 0.762 bits per heavy atom. The number of phenolic OH excluding ortho intramolecular Hbond substituents is 2. The molecule has 0 aliphatic heterocycles. The van der Waals surface area contributed by atoms with Gasteiger partial charge in [0.05, 0.1) is 5.69 Å². The first-order valence-electron chi connectivity index (χ1n) is 6.26. The summed E-state index contributed by atoms with van der Waals surface area (Å²) in [4.78, 5) is 0. The summed E-state index contributed by atoms with van der Waals surface area (Å²) in [5, 5.41) is 29.8. The Labute approximate surface area is 126 Å². The van der Waals surface area contributed by atoms with E-state index < -0.39 is 0 Å². The summed E-state index contributed by atoms with van der Waals surface area (Å²) < 4.78 is 0. The average molecular weight is 299 g/mol. The van der Waals surface area contributed by atoms with Crippen molar-refractivity contribution in [1.82, 2.24) is 0 Å². The largest absolute Gasteiger partial charge is 0.507 e. The molecule has 104 valence electrons. The van der Waals surface area contributed by atoms with E-state index in [1.165, 1.54) is 0 Å². The number of phenols is 2. The molecular weight excluding hydrogens is 288 g/mol. The SMILES string of the molecule is Oc1cccc2c(O)c(N=Nc3ccc(Cl)cc3)ccc12. The maximum atomic E-state index is 10.2. The van der Waals surface area contributed by atoms with Gasteiger partial charge in [-0.2, -0.15) is 5.11 Å². The summed E-state index contributed by atoms with van der Waals surface area (Å²) in [6, 6.07) is 15.1. The van der Waals surface area contributed by atoms with Crippen molar-refractivity contribution in [2.24, 2.45) is 10.2 Å². The van der Waals surface area contributed by atoms with Crippen LogP contribution in [0.3, 0.4) is 0 Å². The lowest BCUT2D eigenvalue weighted by molar-refractivity contribution is 0.476. The lowest BCUT2D eigenvalue weighted by Gasteiger charge is -2.05. The standard InChI is InChI=1S/C16H11ClN2O2/c17-10-4-6-11(7-5-10)18-19-14-9-8-12-13(16(14)21)2-1-3-15(12)20/h1-9,20-21H. The van der Waals surface area contributed by atoms with Crippen LogP contribution in [0.4, 0.5) is 11.4 Å². The molecule has 0 atom stereocenters. The molecular formula is C16H11ClN2O2. The second kappa shape index (κ2) is 5.42. The maximum absolute atomic E-state index is 10.2. The van der Waals surface area contributed by atoms with Gasteiger partial charge in [-0.3, -0.25) is 0 Å². The number of fused-ring (bicyclic) bond motifs is 1. The molecule has 21 heavy (non-hydrogen) atoms. The first-order chi connectivity index (χ1) is 10.1. The molecule has 0 radical (unpaired) electrons. The molecule has 5 heteroatoms. The zero-order chi connectivity index (χ0) is 14.8. The van der Waals surface area contributed by atoms with Crippen molar-refractivity contribution in [3.8, 4) is 11.5 Å². The number of hydrogen-bond acceptors (Lipinski definition) is 4. The lowest BCUT2D eigenvalue weighted by Crippen LogP contribution is -1.76. The normalized spacial score (nSPS) is 11.3. The fourth-order valence-electron chi connectivity index (χ4n) is 2.01. The number of halogens is 1. The molecule has 0 amide bonds. The fraction of sp³-hybridized carbons (Fsp3) is 0. The lowest BCUT2D eigenvalue weighted by atomic mass is 10.1. The molecule has 0 saturated carbocycles. The van der Waals surface area contributed by atoms with Gasteiger partial charge in [0.1, 0.15) is 11.4 Å². The summed E-state index contributed by atoms with van der Waals surface area (Å²) in [5.74, 6) is 0.102. The van der Waals surface area contributed by atoms with Gasteiger partial charge in [0.15, 0.2) is 5.75 Å². The van der Waals surface area contributed by atoms with Crippen molar-refractivity contribution in [3.63, 3.8) is 0 Å². The van der Waals surface area contributed by atoms with Crippen LogP contribution in [-0.4, -0.2) is 10.2 Å². The molecule has 0 aromatic heterocycles. The number of azo groups is 1. The molecule has 3 aromatic carbocycles. The van der Waals surface area contributed by atoms with Gasteiger partial charge in [-0.05, 0) is 42.5 Å². The van der Waals surface area contributed by atoms with Crippen LogP contribution < -0.4 is 0 Å². The molecule has 2 N–H and O–H groups in total. The van der Waals surface area contributed by atoms with E-state index in [0.29, 0.717) is 27.2 Å². The summed E-state index contributed by atoms with van der Waals surface area (Å²) in [5.41, 5.74) is 0.970. The highest BCUT2D eigenvalue weighted by Gasteiger charge is 2.08. The molecule has 3 rings (SSSR count). The van der Waals surface area contributed by atoms with Crippen molar-refractivity contribution in [3.05, 3.63) is 59.6 Å². The highest BCUT2D eigenvalue weighted by atomic mass is 35.5. The number of aromatic hydroxyl groups is 2. The van der Waals surface area contributed by atoms with E-state index in [0.717, 1.165) is 0 Å². The minimum atomic E-state index is -0.0129. The van der Waals surface area contributed by atoms with Crippen molar-refractivity contribution < 1.29 is 10.2 Å². The quantitative estimate of drug-likeness (QED) is 0.629. The third-order valence-corrected chi connectivity index (χ3v) is 3.34. The predicted molar refractivity (Wildman–Crippen MR) is 82.9 cm³/mol. The number of rotatable bonds is 2. The Hall–Kier alpha value is -2.59. The highest BCUT2D eigenvalue weighted by molar-refractivity contribution is 6.30. The number of nitrogens with zero attached hydrogens (tertiary/aromatic N) is 2. The summed E-state index contributed by atoms with van der Waals surface area (Å²) in [6.07, 6.45) is 0. The predicted octanol–water partition coefficient (Wildman–Crippen LogP) is 5.32. The smallest absolute Gasteiger partial charge is 0.151 e. The van der Waals surface area contributed by atoms with Gasteiger partial charge in [0.25, 0.3) is 0 Å². The molecule has 3 aromatic rings. The highest BCUT2D eigenvalue weighted by Crippen LogP contribution is 2.38. The minimum absolute atomic E-state index is 0.0129. The van der Waals surface area contributed by atoms with Crippen LogP contribution >= 0.6 is 11.6 Å². The second-order valence-electron chi connectivity index (χ2n) is 4.48. The molecule has 0 unspecified atom stereocenters. The van der Waals surface area contributed by atoms with Gasteiger partial charge in [0, 0.05) is 15.8 Å². The van der Waals surface area contributed by atoms with Crippen LogP contribution in [-0.2, 0) is 0 Å². The summed E-state index contributed by atoms with van der Waals surface area (Å²) in [7, 11) is 0. The Balaban J connectivity index is 2.01. The van der Waals surface area contributed by atoms with Crippen LogP contribution in [0.15, 0.2) is 64.8 Å². The topological polar surface area (TPSA) is 65.2 Å². The zero-order valence-electron chi connectivity index (χ0n) is 10.9. The zero-order valence-corrected chi connectivity index (χ0v) is 11.6. The van der Waals surface area contributed by atoms with Gasteiger partial charge in [0.2, 0.25) is 0 Å². The molecule has 4 nitrogen and oxygen atoms in total. The van der Waals surface area contributed by atoms with Gasteiger partial charge in [-0.25, -0.2) is 0 Å². The van der Waals surface area contributed by atoms with E-state index >= 15 is 0 Å². The van der Waals surface area contributed by atoms with Gasteiger partial charge < -0.3 is 10.2 Å². The molecule has 0 fully saturated rings. The van der Waals surface area contributed by atoms with E-state index in [1.54, 1.807) is 54.6 Å². The monoisotopic (exact) mass is 298 g/mol. The third-order valence-electron chi connectivity index (χ3n) is 3.09. The molecule has 0 aliphatic carbocycles. The molecule has 0 aliphatic rings. The van der Waals surface area contributed by atoms with Crippen molar-refractivity contribution in [2.75, 3.05) is 0 Å². The second-order valence-corrected chi connectivity index (χ2v) is 4.92. The minimum Gasteiger partial charge on any atom is -0.507 e. The van der Waals surface area contributed by atoms with Gasteiger partial charge >= 0.3 is 0 Å². The van der Waals surface area contributed by atoms with Crippen LogP contribution in [0.2, 0.25) is 5.02 Å². The Morgan fingerprint density at radius 2 is 1.52 bits per heavy atom. The third kappa shape index (κ3) is 2.66. The average Bonchev–Trinajstić information content (AvgIpc) is 2.49. The Bertz CT molecular complexity index is 830. The number of hydrogen-bond donors (Lipinski definition) is 2. The fourth-order valence-corrected chi connectivity index (χ4v) is 2.14. The van der Waals surface area contributed by atoms with Crippen molar-refractivity contribution >= 4 is 33.7 Å². The van der Waals surface area contributed by atoms with E-state index in [1.807, 2.05) is 0 Å². The van der Waals surface area contributed by atoms with E-state index in [2.05, 4.69) is 10.2 Å². The Morgan fingerprint density at radius 3 is 2.29 bits per heavy atom. The van der Waals surface area contributed by atoms with Crippen LogP contribution in [0.1, 0.15) is 0 Å². The Kier molecular flexibility index (Phi) is 3.46. The molecule has 0 saturated heterocycles. The van der Waals surface area contributed by atoms with E-state index in [4.69, 9.17) is 11.6 Å². The summed E-state index contributed by atoms with van der Waals surface area (Å²) >= 11 is 5.80. The first-order valence-corrected chi connectivity index (χ1v) is 6.64. The van der Waals surface area contributed by atoms with Gasteiger partial charge in [-0.1, -0.05) is 23.7 Å². The molecule has 0 bridgehead atoms. The van der Waals surface area contributed by atoms with Crippen LogP contribution in [0.5, 0.6) is 11.5 Å². The van der Waals surface area contributed by atoms with Crippen LogP contribution in [0.25, 0.3) is 10.8 Å². The molecule has 0 spiro atoms. The molecule has 0 heterocycles. The number of benzene rings is 3. The van der Waals surface area contributed by atoms with Crippen molar-refractivity contribution in [2.45, 2.75) is 0 Å². The van der Waals surface area contributed by atoms with Crippen molar-refractivity contribution in [1.29, 1.82) is 0 Å². The van der Waals surface area contributed by atoms with E-state index in [-0.39, 0.29) is 11.5 Å². The van der Waals surface area contributed by atoms with Gasteiger partial charge in [-0.15, -0.1) is 5.11 Å². The van der Waals surface area contributed by atoms with E-state index in [9.17, 15) is 10.2 Å². The summed E-state index contributed by atoms with van der Waals surface area (Å²) in [6.45, 7) is 0. The maximum Gasteiger partial charge on any atom is 0.151 e. The first kappa shape index (κ1) is 13.4. The van der Waals surface area contributed by atoms with Crippen LogP contribution in [0, 0.1) is 0 Å².